The average molecular weight is 356 g/mol. The minimum atomic E-state index is -0.169. The van der Waals surface area contributed by atoms with Crippen molar-refractivity contribution in [3.8, 4) is 0 Å². The summed E-state index contributed by atoms with van der Waals surface area (Å²) in [6.07, 6.45) is 1.64. The second-order valence-corrected chi connectivity index (χ2v) is 7.02. The third-order valence-corrected chi connectivity index (χ3v) is 5.30. The average Bonchev–Trinajstić information content (AvgIpc) is 3.09. The minimum absolute atomic E-state index is 0.102. The lowest BCUT2D eigenvalue weighted by Gasteiger charge is -2.25. The normalized spacial score (nSPS) is 12.6. The predicted molar refractivity (Wildman–Crippen MR) is 84.8 cm³/mol. The number of carbonyl (C=O) groups is 1. The van der Waals surface area contributed by atoms with E-state index in [2.05, 4.69) is 15.9 Å². The largest absolute Gasteiger partial charge is 0.467 e. The Kier molecular flexibility index (Phi) is 5.43. The molecule has 0 saturated carbocycles. The van der Waals surface area contributed by atoms with Crippen LogP contribution < -0.4 is 0 Å². The molecule has 0 saturated heterocycles. The molecule has 0 fully saturated rings. The number of thiophene rings is 1. The topological polar surface area (TPSA) is 33.5 Å². The first-order valence-electron chi connectivity index (χ1n) is 6.55. The van der Waals surface area contributed by atoms with Gasteiger partial charge in [0.1, 0.15) is 5.76 Å². The molecule has 1 amide bonds. The molecule has 2 aromatic rings. The van der Waals surface area contributed by atoms with Gasteiger partial charge >= 0.3 is 0 Å². The Labute approximate surface area is 131 Å². The molecule has 0 bridgehead atoms. The molecule has 2 heterocycles. The van der Waals surface area contributed by atoms with Gasteiger partial charge in [0, 0.05) is 4.88 Å². The van der Waals surface area contributed by atoms with Gasteiger partial charge in [-0.2, -0.15) is 0 Å². The van der Waals surface area contributed by atoms with Crippen LogP contribution in [0.4, 0.5) is 0 Å². The molecule has 0 radical (unpaired) electrons. The summed E-state index contributed by atoms with van der Waals surface area (Å²) in [6.45, 7) is 5.19. The van der Waals surface area contributed by atoms with Crippen molar-refractivity contribution in [3.05, 3.63) is 46.5 Å². The molecule has 1 atom stereocenters. The van der Waals surface area contributed by atoms with Gasteiger partial charge in [-0.3, -0.25) is 4.79 Å². The summed E-state index contributed by atoms with van der Waals surface area (Å²) in [5, 5.41) is 2.03. The molecule has 0 aliphatic carbocycles. The van der Waals surface area contributed by atoms with Crippen molar-refractivity contribution in [1.29, 1.82) is 0 Å². The van der Waals surface area contributed by atoms with Gasteiger partial charge in [0.2, 0.25) is 5.91 Å². The maximum absolute atomic E-state index is 12.6. The van der Waals surface area contributed by atoms with Gasteiger partial charge in [-0.05, 0) is 29.5 Å². The van der Waals surface area contributed by atoms with Crippen molar-refractivity contribution in [2.75, 3.05) is 0 Å². The Morgan fingerprint density at radius 2 is 2.15 bits per heavy atom. The quantitative estimate of drug-likeness (QED) is 0.724. The summed E-state index contributed by atoms with van der Waals surface area (Å²) >= 11 is 5.16. The summed E-state index contributed by atoms with van der Waals surface area (Å²) in [6, 6.07) is 7.79. The maximum Gasteiger partial charge on any atom is 0.237 e. The number of rotatable bonds is 6. The lowest BCUT2D eigenvalue weighted by molar-refractivity contribution is -0.132. The fourth-order valence-corrected chi connectivity index (χ4v) is 2.86. The molecule has 0 aliphatic rings. The number of furan rings is 1. The van der Waals surface area contributed by atoms with E-state index < -0.39 is 0 Å². The Bertz CT molecular complexity index is 486. The van der Waals surface area contributed by atoms with Crippen molar-refractivity contribution in [3.63, 3.8) is 0 Å². The van der Waals surface area contributed by atoms with Crippen molar-refractivity contribution in [1.82, 2.24) is 4.90 Å². The van der Waals surface area contributed by atoms with Gasteiger partial charge in [0.25, 0.3) is 0 Å². The van der Waals surface area contributed by atoms with Crippen LogP contribution in [0.15, 0.2) is 40.3 Å². The number of nitrogens with zero attached hydrogens (tertiary/aromatic N) is 1. The third-order valence-electron chi connectivity index (χ3n) is 2.99. The SMILES string of the molecule is CC(C)C(Br)C(=O)N(Cc1ccco1)Cc1cccs1. The molecule has 20 heavy (non-hydrogen) atoms. The predicted octanol–water partition coefficient (Wildman–Crippen LogP) is 4.29. The molecule has 1 unspecified atom stereocenters. The van der Waals surface area contributed by atoms with E-state index >= 15 is 0 Å². The van der Waals surface area contributed by atoms with Crippen LogP contribution in [0.2, 0.25) is 0 Å². The minimum Gasteiger partial charge on any atom is -0.467 e. The van der Waals surface area contributed by atoms with E-state index in [4.69, 9.17) is 4.42 Å². The van der Waals surface area contributed by atoms with Crippen LogP contribution in [-0.2, 0) is 17.9 Å². The van der Waals surface area contributed by atoms with Crippen LogP contribution in [0, 0.1) is 5.92 Å². The monoisotopic (exact) mass is 355 g/mol. The second kappa shape index (κ2) is 7.09. The van der Waals surface area contributed by atoms with Gasteiger partial charge in [-0.1, -0.05) is 35.8 Å². The molecular formula is C15H18BrNO2S. The molecule has 0 spiro atoms. The van der Waals surface area contributed by atoms with Crippen molar-refractivity contribution < 1.29 is 9.21 Å². The highest BCUT2D eigenvalue weighted by Gasteiger charge is 2.25. The Morgan fingerprint density at radius 1 is 1.35 bits per heavy atom. The third kappa shape index (κ3) is 3.96. The highest BCUT2D eigenvalue weighted by Crippen LogP contribution is 2.20. The molecule has 3 nitrogen and oxygen atoms in total. The van der Waals surface area contributed by atoms with E-state index in [1.807, 2.05) is 48.4 Å². The number of hydrogen-bond acceptors (Lipinski definition) is 3. The van der Waals surface area contributed by atoms with Crippen LogP contribution in [0.25, 0.3) is 0 Å². The first-order valence-corrected chi connectivity index (χ1v) is 8.35. The fraction of sp³-hybridized carbons (Fsp3) is 0.400. The summed E-state index contributed by atoms with van der Waals surface area (Å²) in [4.78, 5) is 15.4. The Hall–Kier alpha value is -1.07. The van der Waals surface area contributed by atoms with Gasteiger partial charge < -0.3 is 9.32 Å². The van der Waals surface area contributed by atoms with Crippen LogP contribution in [0.3, 0.4) is 0 Å². The van der Waals surface area contributed by atoms with Gasteiger partial charge in [-0.25, -0.2) is 0 Å². The van der Waals surface area contributed by atoms with Gasteiger partial charge in [-0.15, -0.1) is 11.3 Å². The molecule has 0 aliphatic heterocycles. The number of amides is 1. The summed E-state index contributed by atoms with van der Waals surface area (Å²) in [5.41, 5.74) is 0. The van der Waals surface area contributed by atoms with Crippen LogP contribution in [0.1, 0.15) is 24.5 Å². The summed E-state index contributed by atoms with van der Waals surface area (Å²) < 4.78 is 5.37. The molecule has 2 rings (SSSR count). The molecule has 108 valence electrons. The summed E-state index contributed by atoms with van der Waals surface area (Å²) in [5.74, 6) is 1.16. The fourth-order valence-electron chi connectivity index (χ4n) is 1.85. The number of carbonyl (C=O) groups excluding carboxylic acids is 1. The second-order valence-electron chi connectivity index (χ2n) is 5.00. The van der Waals surface area contributed by atoms with E-state index in [9.17, 15) is 4.79 Å². The van der Waals surface area contributed by atoms with E-state index in [-0.39, 0.29) is 16.7 Å². The lowest BCUT2D eigenvalue weighted by atomic mass is 10.1. The van der Waals surface area contributed by atoms with E-state index in [1.54, 1.807) is 17.6 Å². The number of alkyl halides is 1. The Morgan fingerprint density at radius 3 is 2.70 bits per heavy atom. The highest BCUT2D eigenvalue weighted by molar-refractivity contribution is 9.10. The number of halogens is 1. The van der Waals surface area contributed by atoms with E-state index in [1.165, 1.54) is 4.88 Å². The van der Waals surface area contributed by atoms with Gasteiger partial charge in [0.05, 0.1) is 24.2 Å². The molecule has 2 aromatic heterocycles. The molecule has 0 N–H and O–H groups in total. The Balaban J connectivity index is 2.12. The lowest BCUT2D eigenvalue weighted by Crippen LogP contribution is -2.37. The zero-order valence-electron chi connectivity index (χ0n) is 11.6. The number of hydrogen-bond donors (Lipinski definition) is 0. The standard InChI is InChI=1S/C15H18BrNO2S/c1-11(2)14(16)15(18)17(9-12-5-3-7-19-12)10-13-6-4-8-20-13/h3-8,11,14H,9-10H2,1-2H3. The van der Waals surface area contributed by atoms with E-state index in [0.717, 1.165) is 5.76 Å². The molecule has 0 aromatic carbocycles. The zero-order valence-corrected chi connectivity index (χ0v) is 14.0. The molecule has 5 heteroatoms. The molecular weight excluding hydrogens is 338 g/mol. The van der Waals surface area contributed by atoms with Crippen molar-refractivity contribution in [2.45, 2.75) is 31.8 Å². The van der Waals surface area contributed by atoms with Gasteiger partial charge in [0.15, 0.2) is 0 Å². The van der Waals surface area contributed by atoms with Crippen molar-refractivity contribution >= 4 is 33.2 Å². The van der Waals surface area contributed by atoms with Crippen LogP contribution in [0.5, 0.6) is 0 Å². The highest BCUT2D eigenvalue weighted by atomic mass is 79.9. The maximum atomic E-state index is 12.6. The first kappa shape index (κ1) is 15.3. The summed E-state index contributed by atoms with van der Waals surface area (Å²) in [7, 11) is 0. The zero-order chi connectivity index (χ0) is 14.5. The van der Waals surface area contributed by atoms with Crippen LogP contribution >= 0.6 is 27.3 Å². The smallest absolute Gasteiger partial charge is 0.237 e. The van der Waals surface area contributed by atoms with Crippen molar-refractivity contribution in [2.24, 2.45) is 5.92 Å². The van der Waals surface area contributed by atoms with Crippen LogP contribution in [-0.4, -0.2) is 15.6 Å². The first-order chi connectivity index (χ1) is 9.58. The van der Waals surface area contributed by atoms with E-state index in [0.29, 0.717) is 13.1 Å².